The van der Waals surface area contributed by atoms with E-state index in [4.69, 9.17) is 9.15 Å². The monoisotopic (exact) mass is 292 g/mol. The van der Waals surface area contributed by atoms with Crippen LogP contribution < -0.4 is 0 Å². The third kappa shape index (κ3) is 3.84. The highest BCUT2D eigenvalue weighted by atomic mass is 32.2. The van der Waals surface area contributed by atoms with Crippen molar-refractivity contribution in [3.05, 3.63) is 29.8 Å². The Labute approximate surface area is 121 Å². The molecule has 0 spiro atoms. The lowest BCUT2D eigenvalue weighted by atomic mass is 10.1. The van der Waals surface area contributed by atoms with Gasteiger partial charge >= 0.3 is 5.97 Å². The average Bonchev–Trinajstić information content (AvgIpc) is 2.85. The van der Waals surface area contributed by atoms with E-state index in [-0.39, 0.29) is 17.8 Å². The number of esters is 1. The molecule has 1 aromatic heterocycles. The fourth-order valence-corrected chi connectivity index (χ4v) is 2.15. The molecule has 0 aliphatic rings. The van der Waals surface area contributed by atoms with Gasteiger partial charge in [-0.2, -0.15) is 0 Å². The van der Waals surface area contributed by atoms with E-state index >= 15 is 0 Å². The second-order valence-electron chi connectivity index (χ2n) is 4.52. The van der Waals surface area contributed by atoms with Crippen LogP contribution in [-0.2, 0) is 9.53 Å². The van der Waals surface area contributed by atoms with E-state index in [2.05, 4.69) is 10.2 Å². The van der Waals surface area contributed by atoms with Gasteiger partial charge in [0.1, 0.15) is 5.75 Å². The Morgan fingerprint density at radius 3 is 2.80 bits per heavy atom. The van der Waals surface area contributed by atoms with Crippen molar-refractivity contribution in [3.63, 3.8) is 0 Å². The van der Waals surface area contributed by atoms with Gasteiger partial charge in [0.25, 0.3) is 5.22 Å². The van der Waals surface area contributed by atoms with E-state index in [0.29, 0.717) is 11.1 Å². The average molecular weight is 292 g/mol. The van der Waals surface area contributed by atoms with E-state index in [0.717, 1.165) is 11.1 Å². The van der Waals surface area contributed by atoms with Gasteiger partial charge in [-0.1, -0.05) is 30.0 Å². The summed E-state index contributed by atoms with van der Waals surface area (Å²) in [6.07, 6.45) is -0.117. The summed E-state index contributed by atoms with van der Waals surface area (Å²) in [4.78, 5) is 11.4. The first-order valence-corrected chi connectivity index (χ1v) is 7.26. The van der Waals surface area contributed by atoms with Gasteiger partial charge in [-0.15, -0.1) is 10.2 Å². The van der Waals surface area contributed by atoms with Gasteiger partial charge in [0.15, 0.2) is 0 Å². The first-order chi connectivity index (χ1) is 9.56. The largest absolute Gasteiger partial charge is 0.462 e. The lowest BCUT2D eigenvalue weighted by Crippen LogP contribution is -2.13. The summed E-state index contributed by atoms with van der Waals surface area (Å²) in [5.74, 6) is 0.330. The first-order valence-electron chi connectivity index (χ1n) is 6.28. The van der Waals surface area contributed by atoms with Gasteiger partial charge in [0.05, 0.1) is 6.10 Å². The van der Waals surface area contributed by atoms with Gasteiger partial charge in [-0.25, -0.2) is 0 Å². The minimum absolute atomic E-state index is 0.117. The molecule has 5 nitrogen and oxygen atoms in total. The standard InChI is InChI=1S/C14H16N2O3S/c1-9(2)18-12(17)8-20-14-16-15-13(19-14)11-7-5-4-6-10(11)3/h4-7,9H,8H2,1-3H3. The molecule has 0 fully saturated rings. The molecule has 0 unspecified atom stereocenters. The summed E-state index contributed by atoms with van der Waals surface area (Å²) in [7, 11) is 0. The molecule has 2 rings (SSSR count). The molecule has 1 heterocycles. The zero-order valence-electron chi connectivity index (χ0n) is 11.6. The number of aryl methyl sites for hydroxylation is 1. The van der Waals surface area contributed by atoms with Crippen LogP contribution in [0.25, 0.3) is 11.5 Å². The molecule has 106 valence electrons. The number of hydrogen-bond acceptors (Lipinski definition) is 6. The van der Waals surface area contributed by atoms with Crippen molar-refractivity contribution in [2.45, 2.75) is 32.1 Å². The number of thioether (sulfide) groups is 1. The van der Waals surface area contributed by atoms with Gasteiger partial charge in [-0.05, 0) is 32.4 Å². The lowest BCUT2D eigenvalue weighted by Gasteiger charge is -2.05. The summed E-state index contributed by atoms with van der Waals surface area (Å²) < 4.78 is 10.6. The van der Waals surface area contributed by atoms with Gasteiger partial charge in [0.2, 0.25) is 5.89 Å². The number of carbonyl (C=O) groups excluding carboxylic acids is 1. The highest BCUT2D eigenvalue weighted by molar-refractivity contribution is 7.99. The molecule has 0 saturated heterocycles. The Balaban J connectivity index is 2.00. The van der Waals surface area contributed by atoms with Crippen molar-refractivity contribution in [1.29, 1.82) is 0 Å². The van der Waals surface area contributed by atoms with Crippen LogP contribution in [-0.4, -0.2) is 28.0 Å². The molecular weight excluding hydrogens is 276 g/mol. The Bertz CT molecular complexity index is 596. The Kier molecular flexibility index (Phi) is 4.79. The molecule has 0 aliphatic carbocycles. The Morgan fingerprint density at radius 1 is 1.35 bits per heavy atom. The Morgan fingerprint density at radius 2 is 2.10 bits per heavy atom. The van der Waals surface area contributed by atoms with Crippen molar-refractivity contribution in [1.82, 2.24) is 10.2 Å². The number of carbonyl (C=O) groups is 1. The summed E-state index contributed by atoms with van der Waals surface area (Å²) in [6, 6.07) is 7.77. The summed E-state index contributed by atoms with van der Waals surface area (Å²) >= 11 is 1.18. The van der Waals surface area contributed by atoms with Gasteiger partial charge < -0.3 is 9.15 Å². The van der Waals surface area contributed by atoms with Crippen LogP contribution in [0.1, 0.15) is 19.4 Å². The maximum absolute atomic E-state index is 11.4. The van der Waals surface area contributed by atoms with Crippen LogP contribution in [0.2, 0.25) is 0 Å². The van der Waals surface area contributed by atoms with E-state index in [1.54, 1.807) is 0 Å². The third-order valence-corrected chi connectivity index (χ3v) is 3.25. The number of hydrogen-bond donors (Lipinski definition) is 0. The molecule has 0 amide bonds. The molecule has 2 aromatic rings. The molecule has 1 aromatic carbocycles. The van der Waals surface area contributed by atoms with Gasteiger partial charge in [0, 0.05) is 5.56 Å². The van der Waals surface area contributed by atoms with E-state index in [1.807, 2.05) is 45.0 Å². The van der Waals surface area contributed by atoms with E-state index < -0.39 is 0 Å². The number of benzene rings is 1. The number of ether oxygens (including phenoxy) is 1. The van der Waals surface area contributed by atoms with Crippen LogP contribution in [0.15, 0.2) is 33.9 Å². The normalized spacial score (nSPS) is 10.8. The molecule has 6 heteroatoms. The number of nitrogens with zero attached hydrogens (tertiary/aromatic N) is 2. The SMILES string of the molecule is Cc1ccccc1-c1nnc(SCC(=O)OC(C)C)o1. The summed E-state index contributed by atoms with van der Waals surface area (Å²) in [5.41, 5.74) is 1.96. The maximum atomic E-state index is 11.4. The van der Waals surface area contributed by atoms with Crippen LogP contribution in [0, 0.1) is 6.92 Å². The topological polar surface area (TPSA) is 65.2 Å². The van der Waals surface area contributed by atoms with Crippen molar-refractivity contribution in [2.75, 3.05) is 5.75 Å². The van der Waals surface area contributed by atoms with Crippen molar-refractivity contribution >= 4 is 17.7 Å². The molecule has 0 aliphatic heterocycles. The van der Waals surface area contributed by atoms with Crippen LogP contribution >= 0.6 is 11.8 Å². The third-order valence-electron chi connectivity index (χ3n) is 2.46. The summed E-state index contributed by atoms with van der Waals surface area (Å²) in [6.45, 7) is 5.60. The molecule has 0 saturated carbocycles. The molecule has 0 bridgehead atoms. The van der Waals surface area contributed by atoms with Crippen molar-refractivity contribution in [2.24, 2.45) is 0 Å². The first kappa shape index (κ1) is 14.6. The van der Waals surface area contributed by atoms with Crippen molar-refractivity contribution in [3.8, 4) is 11.5 Å². The van der Waals surface area contributed by atoms with Crippen LogP contribution in [0.5, 0.6) is 0 Å². The molecule has 0 radical (unpaired) electrons. The zero-order chi connectivity index (χ0) is 14.5. The second kappa shape index (κ2) is 6.56. The molecule has 20 heavy (non-hydrogen) atoms. The molecule has 0 N–H and O–H groups in total. The fourth-order valence-electron chi connectivity index (χ4n) is 1.61. The number of rotatable bonds is 5. The zero-order valence-corrected chi connectivity index (χ0v) is 12.4. The smallest absolute Gasteiger partial charge is 0.316 e. The van der Waals surface area contributed by atoms with Gasteiger partial charge in [-0.3, -0.25) is 4.79 Å². The summed E-state index contributed by atoms with van der Waals surface area (Å²) in [5, 5.41) is 8.28. The predicted octanol–water partition coefficient (Wildman–Crippen LogP) is 3.09. The number of aromatic nitrogens is 2. The minimum atomic E-state index is -0.291. The quantitative estimate of drug-likeness (QED) is 0.623. The van der Waals surface area contributed by atoms with Crippen molar-refractivity contribution < 1.29 is 13.9 Å². The molecule has 0 atom stereocenters. The predicted molar refractivity (Wildman–Crippen MR) is 76.4 cm³/mol. The highest BCUT2D eigenvalue weighted by Gasteiger charge is 2.13. The van der Waals surface area contributed by atoms with E-state index in [1.165, 1.54) is 11.8 Å². The fraction of sp³-hybridized carbons (Fsp3) is 0.357. The molecular formula is C14H16N2O3S. The van der Waals surface area contributed by atoms with Crippen LogP contribution in [0.4, 0.5) is 0 Å². The maximum Gasteiger partial charge on any atom is 0.316 e. The lowest BCUT2D eigenvalue weighted by molar-refractivity contribution is -0.144. The highest BCUT2D eigenvalue weighted by Crippen LogP contribution is 2.25. The Hall–Kier alpha value is -1.82. The minimum Gasteiger partial charge on any atom is -0.462 e. The van der Waals surface area contributed by atoms with Crippen LogP contribution in [0.3, 0.4) is 0 Å². The second-order valence-corrected chi connectivity index (χ2v) is 5.44. The van der Waals surface area contributed by atoms with E-state index in [9.17, 15) is 4.79 Å².